The third-order valence-corrected chi connectivity index (χ3v) is 6.59. The molecule has 8 heteroatoms. The fourth-order valence-electron chi connectivity index (χ4n) is 4.57. The zero-order valence-electron chi connectivity index (χ0n) is 23.0. The van der Waals surface area contributed by atoms with Crippen LogP contribution in [0, 0.1) is 19.8 Å². The van der Waals surface area contributed by atoms with Gasteiger partial charge in [-0.2, -0.15) is 0 Å². The van der Waals surface area contributed by atoms with Crippen LogP contribution in [0.5, 0.6) is 0 Å². The maximum atomic E-state index is 13.9. The first-order valence-corrected chi connectivity index (χ1v) is 13.1. The van der Waals surface area contributed by atoms with E-state index < -0.39 is 6.04 Å². The molecule has 38 heavy (non-hydrogen) atoms. The van der Waals surface area contributed by atoms with Gasteiger partial charge in [-0.1, -0.05) is 61.9 Å². The van der Waals surface area contributed by atoms with Gasteiger partial charge in [0.05, 0.1) is 24.7 Å². The SMILES string of the molecule is CC(=O)NCc1c(C)nc(C(C(C)C)N(CCCN)C(=O)c2ccc(C)cc2)n(Cc2ccccc2)c1=O. The van der Waals surface area contributed by atoms with Gasteiger partial charge in [-0.3, -0.25) is 19.0 Å². The van der Waals surface area contributed by atoms with Crippen LogP contribution in [0.25, 0.3) is 0 Å². The third kappa shape index (κ3) is 6.95. The number of hydrogen-bond donors (Lipinski definition) is 2. The summed E-state index contributed by atoms with van der Waals surface area (Å²) in [4.78, 5) is 46.1. The highest BCUT2D eigenvalue weighted by molar-refractivity contribution is 5.94. The number of nitrogens with one attached hydrogen (secondary N) is 1. The molecule has 0 bridgehead atoms. The number of amides is 2. The second-order valence-corrected chi connectivity index (χ2v) is 10.0. The van der Waals surface area contributed by atoms with E-state index in [2.05, 4.69) is 5.32 Å². The maximum Gasteiger partial charge on any atom is 0.259 e. The van der Waals surface area contributed by atoms with Crippen molar-refractivity contribution < 1.29 is 9.59 Å². The molecule has 2 amide bonds. The smallest absolute Gasteiger partial charge is 0.259 e. The maximum absolute atomic E-state index is 13.9. The Kier molecular flexibility index (Phi) is 9.96. The zero-order chi connectivity index (χ0) is 27.8. The average Bonchev–Trinajstić information content (AvgIpc) is 2.88. The molecular formula is C30H39N5O3. The predicted molar refractivity (Wildman–Crippen MR) is 150 cm³/mol. The molecule has 1 atom stereocenters. The molecule has 1 aromatic heterocycles. The van der Waals surface area contributed by atoms with Crippen LogP contribution < -0.4 is 16.6 Å². The Bertz CT molecular complexity index is 1300. The highest BCUT2D eigenvalue weighted by Gasteiger charge is 2.33. The lowest BCUT2D eigenvalue weighted by atomic mass is 9.98. The summed E-state index contributed by atoms with van der Waals surface area (Å²) in [6.07, 6.45) is 0.614. The van der Waals surface area contributed by atoms with Gasteiger partial charge >= 0.3 is 0 Å². The van der Waals surface area contributed by atoms with Gasteiger partial charge in [-0.05, 0) is 50.4 Å². The van der Waals surface area contributed by atoms with Crippen molar-refractivity contribution >= 4 is 11.8 Å². The molecule has 0 spiro atoms. The van der Waals surface area contributed by atoms with E-state index in [1.807, 2.05) is 75.4 Å². The molecule has 8 nitrogen and oxygen atoms in total. The van der Waals surface area contributed by atoms with Crippen LogP contribution >= 0.6 is 0 Å². The lowest BCUT2D eigenvalue weighted by Gasteiger charge is -2.36. The number of hydrogen-bond acceptors (Lipinski definition) is 5. The molecule has 0 fully saturated rings. The topological polar surface area (TPSA) is 110 Å². The van der Waals surface area contributed by atoms with Crippen molar-refractivity contribution in [2.24, 2.45) is 11.7 Å². The molecular weight excluding hydrogens is 478 g/mol. The Hall–Kier alpha value is -3.78. The zero-order valence-corrected chi connectivity index (χ0v) is 23.0. The van der Waals surface area contributed by atoms with E-state index in [1.54, 1.807) is 16.4 Å². The molecule has 3 aromatic rings. The van der Waals surface area contributed by atoms with Crippen molar-refractivity contribution in [2.45, 2.75) is 60.2 Å². The number of nitrogens with two attached hydrogens (primary N) is 1. The lowest BCUT2D eigenvalue weighted by Crippen LogP contribution is -2.43. The van der Waals surface area contributed by atoms with Gasteiger partial charge in [-0.25, -0.2) is 4.98 Å². The van der Waals surface area contributed by atoms with Crippen LogP contribution in [0.1, 0.15) is 71.8 Å². The quantitative estimate of drug-likeness (QED) is 0.403. The first-order chi connectivity index (χ1) is 18.1. The molecule has 0 aliphatic rings. The van der Waals surface area contributed by atoms with Crippen LogP contribution in [0.3, 0.4) is 0 Å². The first-order valence-electron chi connectivity index (χ1n) is 13.1. The minimum atomic E-state index is -0.472. The first kappa shape index (κ1) is 28.8. The van der Waals surface area contributed by atoms with Gasteiger partial charge in [-0.15, -0.1) is 0 Å². The van der Waals surface area contributed by atoms with E-state index in [0.29, 0.717) is 48.7 Å². The summed E-state index contributed by atoms with van der Waals surface area (Å²) >= 11 is 0. The molecule has 202 valence electrons. The highest BCUT2D eigenvalue weighted by Crippen LogP contribution is 2.30. The molecule has 2 aromatic carbocycles. The minimum Gasteiger partial charge on any atom is -0.352 e. The normalized spacial score (nSPS) is 11.9. The Balaban J connectivity index is 2.20. The summed E-state index contributed by atoms with van der Waals surface area (Å²) in [5.41, 5.74) is 9.19. The van der Waals surface area contributed by atoms with Gasteiger partial charge in [0.2, 0.25) is 5.91 Å². The molecule has 1 heterocycles. The van der Waals surface area contributed by atoms with Gasteiger partial charge in [0.15, 0.2) is 0 Å². The molecule has 0 aliphatic heterocycles. The van der Waals surface area contributed by atoms with Crippen LogP contribution in [0.4, 0.5) is 0 Å². The highest BCUT2D eigenvalue weighted by atomic mass is 16.2. The van der Waals surface area contributed by atoms with Crippen molar-refractivity contribution in [3.05, 3.63) is 98.7 Å². The molecule has 0 saturated carbocycles. The summed E-state index contributed by atoms with van der Waals surface area (Å²) in [6, 6.07) is 16.7. The fourth-order valence-corrected chi connectivity index (χ4v) is 4.57. The molecule has 3 rings (SSSR count). The number of carbonyl (C=O) groups excluding carboxylic acids is 2. The van der Waals surface area contributed by atoms with E-state index in [4.69, 9.17) is 10.7 Å². The number of benzene rings is 2. The Morgan fingerprint density at radius 2 is 1.71 bits per heavy atom. The number of nitrogens with zero attached hydrogens (tertiary/aromatic N) is 3. The van der Waals surface area contributed by atoms with Crippen molar-refractivity contribution in [3.63, 3.8) is 0 Å². The van der Waals surface area contributed by atoms with Crippen molar-refractivity contribution in [1.29, 1.82) is 0 Å². The summed E-state index contributed by atoms with van der Waals surface area (Å²) in [6.45, 7) is 10.5. The number of rotatable bonds is 11. The van der Waals surface area contributed by atoms with Crippen LogP contribution in [0.2, 0.25) is 0 Å². The van der Waals surface area contributed by atoms with E-state index >= 15 is 0 Å². The Labute approximate surface area is 224 Å². The van der Waals surface area contributed by atoms with Gasteiger partial charge < -0.3 is 16.0 Å². The van der Waals surface area contributed by atoms with Gasteiger partial charge in [0, 0.05) is 24.7 Å². The second kappa shape index (κ2) is 13.1. The number of aryl methyl sites for hydroxylation is 2. The number of carbonyl (C=O) groups is 2. The van der Waals surface area contributed by atoms with Crippen molar-refractivity contribution in [2.75, 3.05) is 13.1 Å². The molecule has 0 radical (unpaired) electrons. The standard InChI is InChI=1S/C30H39N5O3/c1-20(2)27(34(17-9-16-31)29(37)25-14-12-21(3)13-15-25)28-33-22(4)26(18-32-23(5)36)30(38)35(28)19-24-10-7-6-8-11-24/h6-8,10-15,20,27H,9,16-19,31H2,1-5H3,(H,32,36). The molecule has 3 N–H and O–H groups in total. The van der Waals surface area contributed by atoms with Crippen LogP contribution in [0.15, 0.2) is 59.4 Å². The summed E-state index contributed by atoms with van der Waals surface area (Å²) < 4.78 is 1.65. The Morgan fingerprint density at radius 3 is 2.29 bits per heavy atom. The minimum absolute atomic E-state index is 0.0447. The van der Waals surface area contributed by atoms with E-state index in [0.717, 1.165) is 11.1 Å². The van der Waals surface area contributed by atoms with Crippen molar-refractivity contribution in [3.8, 4) is 0 Å². The van der Waals surface area contributed by atoms with E-state index in [9.17, 15) is 14.4 Å². The van der Waals surface area contributed by atoms with E-state index in [-0.39, 0.29) is 29.8 Å². The Morgan fingerprint density at radius 1 is 1.05 bits per heavy atom. The predicted octanol–water partition coefficient (Wildman–Crippen LogP) is 3.73. The van der Waals surface area contributed by atoms with Crippen LogP contribution in [-0.2, 0) is 17.9 Å². The van der Waals surface area contributed by atoms with E-state index in [1.165, 1.54) is 6.92 Å². The monoisotopic (exact) mass is 517 g/mol. The molecule has 0 saturated heterocycles. The summed E-state index contributed by atoms with van der Waals surface area (Å²) in [7, 11) is 0. The third-order valence-electron chi connectivity index (χ3n) is 6.59. The summed E-state index contributed by atoms with van der Waals surface area (Å²) in [5, 5.41) is 2.73. The van der Waals surface area contributed by atoms with Crippen LogP contribution in [-0.4, -0.2) is 39.4 Å². The fraction of sp³-hybridized carbons (Fsp3) is 0.400. The largest absolute Gasteiger partial charge is 0.352 e. The molecule has 0 aliphatic carbocycles. The summed E-state index contributed by atoms with van der Waals surface area (Å²) in [5.74, 6) is 0.129. The second-order valence-electron chi connectivity index (χ2n) is 10.0. The van der Waals surface area contributed by atoms with Gasteiger partial charge in [0.25, 0.3) is 11.5 Å². The average molecular weight is 518 g/mol. The number of aromatic nitrogens is 2. The van der Waals surface area contributed by atoms with Gasteiger partial charge in [0.1, 0.15) is 5.82 Å². The lowest BCUT2D eigenvalue weighted by molar-refractivity contribution is -0.119. The van der Waals surface area contributed by atoms with Crippen molar-refractivity contribution in [1.82, 2.24) is 19.8 Å². The molecule has 1 unspecified atom stereocenters.